The van der Waals surface area contributed by atoms with Crippen molar-refractivity contribution in [2.75, 3.05) is 19.8 Å². The number of nitrogens with zero attached hydrogens (tertiary/aromatic N) is 4. The highest BCUT2D eigenvalue weighted by atomic mass is 32.1. The molecule has 7 heteroatoms. The van der Waals surface area contributed by atoms with Gasteiger partial charge < -0.3 is 14.2 Å². The van der Waals surface area contributed by atoms with Crippen LogP contribution in [0.2, 0.25) is 0 Å². The maximum absolute atomic E-state index is 13.1. The number of aryl methyl sites for hydroxylation is 3. The lowest BCUT2D eigenvalue weighted by atomic mass is 10.1. The summed E-state index contributed by atoms with van der Waals surface area (Å²) in [5.74, 6) is 0.0742. The van der Waals surface area contributed by atoms with Crippen LogP contribution in [-0.2, 0) is 18.8 Å². The first-order valence-corrected chi connectivity index (χ1v) is 8.81. The number of ether oxygens (including phenoxy) is 1. The van der Waals surface area contributed by atoms with Gasteiger partial charge in [-0.2, -0.15) is 5.10 Å². The third-order valence-corrected chi connectivity index (χ3v) is 5.81. The lowest BCUT2D eigenvalue weighted by molar-refractivity contribution is -0.00436. The van der Waals surface area contributed by atoms with Gasteiger partial charge in [0.15, 0.2) is 0 Å². The third-order valence-electron chi connectivity index (χ3n) is 4.62. The van der Waals surface area contributed by atoms with E-state index in [-0.39, 0.29) is 11.9 Å². The molecule has 1 fully saturated rings. The molecular weight excluding hydrogens is 324 g/mol. The summed E-state index contributed by atoms with van der Waals surface area (Å²) in [5, 5.41) is 5.47. The molecule has 0 radical (unpaired) electrons. The maximum atomic E-state index is 13.1. The van der Waals surface area contributed by atoms with Gasteiger partial charge in [-0.1, -0.05) is 0 Å². The second kappa shape index (κ2) is 5.75. The van der Waals surface area contributed by atoms with E-state index in [9.17, 15) is 4.79 Å². The van der Waals surface area contributed by atoms with Crippen LogP contribution in [0.1, 0.15) is 27.1 Å². The van der Waals surface area contributed by atoms with E-state index in [4.69, 9.17) is 4.74 Å². The normalized spacial score (nSPS) is 18.5. The first-order chi connectivity index (χ1) is 11.6. The van der Waals surface area contributed by atoms with Crippen LogP contribution >= 0.6 is 11.3 Å². The van der Waals surface area contributed by atoms with Gasteiger partial charge in [0.2, 0.25) is 0 Å². The molecule has 3 aromatic heterocycles. The average molecular weight is 344 g/mol. The summed E-state index contributed by atoms with van der Waals surface area (Å²) in [6.07, 6.45) is 2.00. The Morgan fingerprint density at radius 3 is 2.96 bits per heavy atom. The molecule has 0 aromatic carbocycles. The van der Waals surface area contributed by atoms with Gasteiger partial charge in [0.05, 0.1) is 29.8 Å². The molecule has 1 aliphatic rings. The molecule has 0 bridgehead atoms. The molecule has 4 heterocycles. The molecule has 1 aliphatic heterocycles. The standard InChI is InChI=1S/C17H20N4O2S/c1-11-12-9-15(24-17(12)20(3)18-11)16(22)21-7-8-23-10-14(21)13-5-4-6-19(13)2/h4-6,9,14H,7-8,10H2,1-3H3. The highest BCUT2D eigenvalue weighted by molar-refractivity contribution is 7.20. The van der Waals surface area contributed by atoms with E-state index in [0.29, 0.717) is 19.8 Å². The van der Waals surface area contributed by atoms with Crippen molar-refractivity contribution in [3.05, 3.63) is 40.7 Å². The van der Waals surface area contributed by atoms with Crippen molar-refractivity contribution in [1.82, 2.24) is 19.2 Å². The van der Waals surface area contributed by atoms with Crippen LogP contribution in [0.15, 0.2) is 24.4 Å². The topological polar surface area (TPSA) is 52.3 Å². The zero-order valence-corrected chi connectivity index (χ0v) is 14.8. The van der Waals surface area contributed by atoms with Crippen LogP contribution in [0.4, 0.5) is 0 Å². The average Bonchev–Trinajstić information content (AvgIpc) is 3.25. The molecule has 0 aliphatic carbocycles. The minimum atomic E-state index is -0.0457. The minimum Gasteiger partial charge on any atom is -0.377 e. The van der Waals surface area contributed by atoms with Crippen molar-refractivity contribution in [3.8, 4) is 0 Å². The molecule has 126 valence electrons. The van der Waals surface area contributed by atoms with Crippen LogP contribution in [0.3, 0.4) is 0 Å². The minimum absolute atomic E-state index is 0.0457. The highest BCUT2D eigenvalue weighted by Crippen LogP contribution is 2.32. The first-order valence-electron chi connectivity index (χ1n) is 7.99. The number of thiophene rings is 1. The summed E-state index contributed by atoms with van der Waals surface area (Å²) in [6.45, 7) is 3.71. The molecule has 0 spiro atoms. The second-order valence-corrected chi connectivity index (χ2v) is 7.20. The molecule has 0 saturated carbocycles. The van der Waals surface area contributed by atoms with Crippen LogP contribution in [0.25, 0.3) is 10.2 Å². The summed E-state index contributed by atoms with van der Waals surface area (Å²) in [6, 6.07) is 5.98. The van der Waals surface area contributed by atoms with E-state index in [1.54, 1.807) is 0 Å². The number of rotatable bonds is 2. The third kappa shape index (κ3) is 2.35. The molecule has 1 unspecified atom stereocenters. The quantitative estimate of drug-likeness (QED) is 0.718. The van der Waals surface area contributed by atoms with Gasteiger partial charge in [-0.15, -0.1) is 11.3 Å². The van der Waals surface area contributed by atoms with Crippen molar-refractivity contribution in [3.63, 3.8) is 0 Å². The number of carbonyl (C=O) groups is 1. The number of morpholine rings is 1. The van der Waals surface area contributed by atoms with Crippen LogP contribution in [0.5, 0.6) is 0 Å². The Balaban J connectivity index is 1.70. The van der Waals surface area contributed by atoms with Crippen molar-refractivity contribution < 1.29 is 9.53 Å². The van der Waals surface area contributed by atoms with Crippen molar-refractivity contribution >= 4 is 27.5 Å². The molecule has 3 aromatic rings. The summed E-state index contributed by atoms with van der Waals surface area (Å²) in [4.78, 5) is 16.9. The zero-order chi connectivity index (χ0) is 16.8. The van der Waals surface area contributed by atoms with Gasteiger partial charge in [-0.3, -0.25) is 9.48 Å². The smallest absolute Gasteiger partial charge is 0.264 e. The molecule has 6 nitrogen and oxygen atoms in total. The van der Waals surface area contributed by atoms with Crippen LogP contribution in [-0.4, -0.2) is 44.9 Å². The predicted molar refractivity (Wildman–Crippen MR) is 93.3 cm³/mol. The Kier molecular flexibility index (Phi) is 3.69. The van der Waals surface area contributed by atoms with Crippen molar-refractivity contribution in [1.29, 1.82) is 0 Å². The SMILES string of the molecule is Cc1nn(C)c2sc(C(=O)N3CCOCC3c3cccn3C)cc12. The summed E-state index contributed by atoms with van der Waals surface area (Å²) >= 11 is 1.51. The Bertz CT molecular complexity index is 873. The Labute approximate surface area is 144 Å². The largest absolute Gasteiger partial charge is 0.377 e. The van der Waals surface area contributed by atoms with E-state index in [1.807, 2.05) is 48.9 Å². The monoisotopic (exact) mass is 344 g/mol. The number of fused-ring (bicyclic) bond motifs is 1. The summed E-state index contributed by atoms with van der Waals surface area (Å²) in [7, 11) is 3.92. The predicted octanol–water partition coefficient (Wildman–Crippen LogP) is 2.50. The van der Waals surface area contributed by atoms with Gasteiger partial charge >= 0.3 is 0 Å². The number of hydrogen-bond acceptors (Lipinski definition) is 4. The summed E-state index contributed by atoms with van der Waals surface area (Å²) in [5.41, 5.74) is 2.06. The number of amides is 1. The Morgan fingerprint density at radius 2 is 2.25 bits per heavy atom. The lowest BCUT2D eigenvalue weighted by Gasteiger charge is -2.35. The molecule has 1 amide bonds. The van der Waals surface area contributed by atoms with E-state index in [2.05, 4.69) is 15.7 Å². The van der Waals surface area contributed by atoms with E-state index < -0.39 is 0 Å². The fourth-order valence-electron chi connectivity index (χ4n) is 3.36. The van der Waals surface area contributed by atoms with Crippen molar-refractivity contribution in [2.45, 2.75) is 13.0 Å². The van der Waals surface area contributed by atoms with Crippen LogP contribution in [0, 0.1) is 6.92 Å². The maximum Gasteiger partial charge on any atom is 0.264 e. The van der Waals surface area contributed by atoms with E-state index in [0.717, 1.165) is 26.5 Å². The zero-order valence-electron chi connectivity index (χ0n) is 14.0. The van der Waals surface area contributed by atoms with Gasteiger partial charge in [0, 0.05) is 37.9 Å². The molecule has 24 heavy (non-hydrogen) atoms. The molecule has 0 N–H and O–H groups in total. The molecule has 4 rings (SSSR count). The molecule has 1 saturated heterocycles. The van der Waals surface area contributed by atoms with Gasteiger partial charge in [-0.25, -0.2) is 0 Å². The second-order valence-electron chi connectivity index (χ2n) is 6.17. The molecular formula is C17H20N4O2S. The first kappa shape index (κ1) is 15.4. The van der Waals surface area contributed by atoms with Crippen molar-refractivity contribution in [2.24, 2.45) is 14.1 Å². The summed E-state index contributed by atoms with van der Waals surface area (Å²) < 4.78 is 9.54. The Hall–Kier alpha value is -2.12. The van der Waals surface area contributed by atoms with Gasteiger partial charge in [0.1, 0.15) is 4.83 Å². The van der Waals surface area contributed by atoms with E-state index in [1.165, 1.54) is 11.3 Å². The number of carbonyl (C=O) groups excluding carboxylic acids is 1. The van der Waals surface area contributed by atoms with Crippen LogP contribution < -0.4 is 0 Å². The Morgan fingerprint density at radius 1 is 1.42 bits per heavy atom. The fourth-order valence-corrected chi connectivity index (χ4v) is 4.44. The lowest BCUT2D eigenvalue weighted by Crippen LogP contribution is -2.43. The van der Waals surface area contributed by atoms with Gasteiger partial charge in [-0.05, 0) is 25.1 Å². The highest BCUT2D eigenvalue weighted by Gasteiger charge is 2.31. The van der Waals surface area contributed by atoms with E-state index >= 15 is 0 Å². The van der Waals surface area contributed by atoms with Gasteiger partial charge in [0.25, 0.3) is 5.91 Å². The number of aromatic nitrogens is 3. The fraction of sp³-hybridized carbons (Fsp3) is 0.412. The molecule has 1 atom stereocenters. The number of hydrogen-bond donors (Lipinski definition) is 0.